The Kier molecular flexibility index (Phi) is 14.4. The highest BCUT2D eigenvalue weighted by Gasteiger charge is 2.19. The molecule has 216 valence electrons. The van der Waals surface area contributed by atoms with Crippen molar-refractivity contribution in [1.29, 1.82) is 0 Å². The van der Waals surface area contributed by atoms with E-state index in [-0.39, 0.29) is 18.6 Å². The van der Waals surface area contributed by atoms with Crippen LogP contribution in [0.5, 0.6) is 0 Å². The third-order valence-electron chi connectivity index (χ3n) is 6.51. The number of amides is 1. The van der Waals surface area contributed by atoms with Crippen LogP contribution in [-0.4, -0.2) is 121 Å². The second kappa shape index (κ2) is 17.5. The van der Waals surface area contributed by atoms with Crippen molar-refractivity contribution in [3.63, 3.8) is 0 Å². The summed E-state index contributed by atoms with van der Waals surface area (Å²) in [6.07, 6.45) is 4.40. The number of hydrogen-bond acceptors (Lipinski definition) is 6. The van der Waals surface area contributed by atoms with E-state index in [1.165, 1.54) is 5.56 Å². The summed E-state index contributed by atoms with van der Waals surface area (Å²) >= 11 is 0. The highest BCUT2D eigenvalue weighted by atomic mass is 16.3. The quantitative estimate of drug-likeness (QED) is 0.277. The molecule has 1 heterocycles. The van der Waals surface area contributed by atoms with Gasteiger partial charge in [-0.15, -0.1) is 0 Å². The Hall–Kier alpha value is -3.08. The number of aliphatic hydroxyl groups is 1. The molecule has 0 bridgehead atoms. The molecule has 1 amide bonds. The van der Waals surface area contributed by atoms with Crippen LogP contribution in [0.25, 0.3) is 0 Å². The molecule has 1 fully saturated rings. The summed E-state index contributed by atoms with van der Waals surface area (Å²) in [7, 11) is 1.85. The van der Waals surface area contributed by atoms with Gasteiger partial charge in [0.05, 0.1) is 5.69 Å². The largest absolute Gasteiger partial charge is 0.396 e. The molecular formula is C29H48N8O2. The van der Waals surface area contributed by atoms with Gasteiger partial charge in [0.2, 0.25) is 11.9 Å². The van der Waals surface area contributed by atoms with Crippen LogP contribution in [0.1, 0.15) is 39.2 Å². The Morgan fingerprint density at radius 2 is 1.90 bits per heavy atom. The molecule has 0 aromatic heterocycles. The van der Waals surface area contributed by atoms with Gasteiger partial charge in [-0.3, -0.25) is 9.69 Å². The maximum absolute atomic E-state index is 12.9. The first kappa shape index (κ1) is 32.1. The number of nitrogens with two attached hydrogens (primary N) is 1. The Bertz CT molecular complexity index is 983. The van der Waals surface area contributed by atoms with E-state index >= 15 is 0 Å². The zero-order chi connectivity index (χ0) is 28.6. The molecule has 10 nitrogen and oxygen atoms in total. The minimum absolute atomic E-state index is 0.106. The van der Waals surface area contributed by atoms with Gasteiger partial charge in [-0.05, 0) is 51.0 Å². The maximum Gasteiger partial charge on any atom is 0.223 e. The Morgan fingerprint density at radius 3 is 2.54 bits per heavy atom. The topological polar surface area (TPSA) is 113 Å². The number of carbonyl (C=O) groups excluding carboxylic acids is 1. The van der Waals surface area contributed by atoms with Gasteiger partial charge in [0, 0.05) is 91.2 Å². The van der Waals surface area contributed by atoms with Crippen LogP contribution in [0.4, 0.5) is 5.69 Å². The van der Waals surface area contributed by atoms with Crippen LogP contribution in [0.3, 0.4) is 0 Å². The molecule has 2 rings (SSSR count). The molecule has 39 heavy (non-hydrogen) atoms. The van der Waals surface area contributed by atoms with E-state index in [0.717, 1.165) is 45.0 Å². The summed E-state index contributed by atoms with van der Waals surface area (Å²) in [6.45, 7) is 16.9. The van der Waals surface area contributed by atoms with Gasteiger partial charge < -0.3 is 25.5 Å². The molecule has 0 atom stereocenters. The molecule has 0 spiro atoms. The first-order chi connectivity index (χ1) is 18.7. The van der Waals surface area contributed by atoms with Crippen LogP contribution in [0, 0.1) is 0 Å². The monoisotopic (exact) mass is 540 g/mol. The van der Waals surface area contributed by atoms with E-state index in [0.29, 0.717) is 44.3 Å². The molecule has 0 saturated carbocycles. The zero-order valence-corrected chi connectivity index (χ0v) is 24.3. The average Bonchev–Trinajstić information content (AvgIpc) is 2.92. The standard InChI is InChI=1S/C29H48N8O2/c1-6-27(30)33-26-11-8-10-25(22-26)23-36-18-16-35(17-19-36)14-12-28(39)34(5)15-20-37(13-9-21-38)29(31-7-2)32-24(3)4/h6-8,10-11,22,24,38H,1,9,12-21,23H2,2-5H3,(H2,30,33). The zero-order valence-electron chi connectivity index (χ0n) is 24.3. The van der Waals surface area contributed by atoms with Crippen LogP contribution in [0.15, 0.2) is 51.9 Å². The predicted octanol–water partition coefficient (Wildman–Crippen LogP) is 2.37. The Morgan fingerprint density at radius 1 is 1.18 bits per heavy atom. The first-order valence-electron chi connectivity index (χ1n) is 13.9. The number of aliphatic hydroxyl groups excluding tert-OH is 1. The highest BCUT2D eigenvalue weighted by molar-refractivity contribution is 5.92. The Balaban J connectivity index is 1.79. The summed E-state index contributed by atoms with van der Waals surface area (Å²) in [5.41, 5.74) is 7.82. The smallest absolute Gasteiger partial charge is 0.223 e. The normalized spacial score (nSPS) is 15.7. The number of aliphatic imine (C=N–C) groups is 3. The lowest BCUT2D eigenvalue weighted by Gasteiger charge is -2.35. The van der Waals surface area contributed by atoms with Gasteiger partial charge in [0.1, 0.15) is 5.84 Å². The van der Waals surface area contributed by atoms with Gasteiger partial charge in [-0.25, -0.2) is 15.0 Å². The number of likely N-dealkylation sites (N-methyl/N-ethyl adjacent to an activating group) is 1. The number of guanidine groups is 1. The minimum Gasteiger partial charge on any atom is -0.396 e. The molecule has 1 aliphatic rings. The summed E-state index contributed by atoms with van der Waals surface area (Å²) in [5, 5.41) is 9.32. The lowest BCUT2D eigenvalue weighted by molar-refractivity contribution is -0.130. The van der Waals surface area contributed by atoms with Crippen LogP contribution < -0.4 is 5.73 Å². The molecule has 0 unspecified atom stereocenters. The minimum atomic E-state index is 0.106. The summed E-state index contributed by atoms with van der Waals surface area (Å²) in [6, 6.07) is 8.23. The fourth-order valence-electron chi connectivity index (χ4n) is 4.30. The highest BCUT2D eigenvalue weighted by Crippen LogP contribution is 2.17. The van der Waals surface area contributed by atoms with Crippen LogP contribution >= 0.6 is 0 Å². The molecule has 1 aromatic rings. The molecule has 3 N–H and O–H groups in total. The fourth-order valence-corrected chi connectivity index (χ4v) is 4.30. The summed E-state index contributed by atoms with van der Waals surface area (Å²) in [4.78, 5) is 34.9. The number of carbonyl (C=O) groups is 1. The maximum atomic E-state index is 12.9. The van der Waals surface area contributed by atoms with Crippen molar-refractivity contribution in [2.75, 3.05) is 66.0 Å². The number of amidine groups is 1. The van der Waals surface area contributed by atoms with E-state index in [2.05, 4.69) is 48.4 Å². The van der Waals surface area contributed by atoms with Crippen molar-refractivity contribution in [3.05, 3.63) is 42.5 Å². The Labute approximate surface area is 234 Å². The predicted molar refractivity (Wildman–Crippen MR) is 162 cm³/mol. The number of piperazine rings is 1. The molecule has 1 aromatic carbocycles. The van der Waals surface area contributed by atoms with Crippen LogP contribution in [-0.2, 0) is 11.3 Å². The van der Waals surface area contributed by atoms with Crippen molar-refractivity contribution in [1.82, 2.24) is 19.6 Å². The van der Waals surface area contributed by atoms with Crippen molar-refractivity contribution in [3.8, 4) is 0 Å². The number of hydrogen-bond donors (Lipinski definition) is 2. The number of rotatable bonds is 14. The lowest BCUT2D eigenvalue weighted by Crippen LogP contribution is -2.47. The second-order valence-corrected chi connectivity index (χ2v) is 10.1. The fraction of sp³-hybridized carbons (Fsp3) is 0.586. The van der Waals surface area contributed by atoms with E-state index in [1.807, 2.05) is 40.0 Å². The van der Waals surface area contributed by atoms with Gasteiger partial charge in [-0.2, -0.15) is 0 Å². The van der Waals surface area contributed by atoms with E-state index in [4.69, 9.17) is 5.73 Å². The van der Waals surface area contributed by atoms with Gasteiger partial charge in [-0.1, -0.05) is 18.7 Å². The van der Waals surface area contributed by atoms with Gasteiger partial charge >= 0.3 is 0 Å². The SMILES string of the molecule is C=CC(N)=Nc1cccc(CN2CCN(CCC(=O)N(C)CCN(CCCO)C(N=CC)=NC(C)C)CC2)c1. The van der Waals surface area contributed by atoms with Crippen molar-refractivity contribution >= 4 is 29.6 Å². The molecule has 0 aliphatic carbocycles. The van der Waals surface area contributed by atoms with E-state index in [9.17, 15) is 9.90 Å². The molecule has 0 radical (unpaired) electrons. The van der Waals surface area contributed by atoms with Gasteiger partial charge in [0.25, 0.3) is 0 Å². The third kappa shape index (κ3) is 12.1. The van der Waals surface area contributed by atoms with Crippen LogP contribution in [0.2, 0.25) is 0 Å². The summed E-state index contributed by atoms with van der Waals surface area (Å²) in [5.74, 6) is 1.20. The van der Waals surface area contributed by atoms with Crippen molar-refractivity contribution < 1.29 is 9.90 Å². The van der Waals surface area contributed by atoms with E-state index < -0.39 is 0 Å². The molecule has 10 heteroatoms. The van der Waals surface area contributed by atoms with Crippen molar-refractivity contribution in [2.45, 2.75) is 46.2 Å². The number of benzene rings is 1. The van der Waals surface area contributed by atoms with Crippen molar-refractivity contribution in [2.24, 2.45) is 20.7 Å². The van der Waals surface area contributed by atoms with Gasteiger partial charge in [0.15, 0.2) is 0 Å². The lowest BCUT2D eigenvalue weighted by atomic mass is 10.1. The number of nitrogens with zero attached hydrogens (tertiary/aromatic N) is 7. The second-order valence-electron chi connectivity index (χ2n) is 10.1. The third-order valence-corrected chi connectivity index (χ3v) is 6.51. The molecular weight excluding hydrogens is 492 g/mol. The molecule has 1 saturated heterocycles. The molecule has 1 aliphatic heterocycles. The average molecular weight is 541 g/mol. The van der Waals surface area contributed by atoms with E-state index in [1.54, 1.807) is 17.2 Å². The summed E-state index contributed by atoms with van der Waals surface area (Å²) < 4.78 is 0. The first-order valence-corrected chi connectivity index (χ1v) is 13.9.